The Labute approximate surface area is 135 Å². The second kappa shape index (κ2) is 6.22. The van der Waals surface area contributed by atoms with Gasteiger partial charge in [0, 0.05) is 28.4 Å². The second-order valence-corrected chi connectivity index (χ2v) is 5.88. The smallest absolute Gasteiger partial charge is 0.134 e. The largest absolute Gasteiger partial charge is 0.490 e. The van der Waals surface area contributed by atoms with Gasteiger partial charge >= 0.3 is 0 Å². The van der Waals surface area contributed by atoms with Crippen LogP contribution in [0.4, 0.5) is 0 Å². The number of benzene rings is 2. The van der Waals surface area contributed by atoms with E-state index in [4.69, 9.17) is 9.84 Å². The predicted molar refractivity (Wildman–Crippen MR) is 93.1 cm³/mol. The maximum atomic E-state index is 9.66. The summed E-state index contributed by atoms with van der Waals surface area (Å²) in [6.45, 7) is 7.30. The van der Waals surface area contributed by atoms with Crippen molar-refractivity contribution >= 4 is 21.8 Å². The number of fused-ring (bicyclic) bond motifs is 3. The molecular formula is C19H23NO3. The molecule has 0 unspecified atom stereocenters. The van der Waals surface area contributed by atoms with Crippen molar-refractivity contribution in [1.29, 1.82) is 0 Å². The van der Waals surface area contributed by atoms with Crippen LogP contribution in [0.5, 0.6) is 5.75 Å². The van der Waals surface area contributed by atoms with Gasteiger partial charge in [0.15, 0.2) is 0 Å². The number of ether oxygens (including phenoxy) is 1. The van der Waals surface area contributed by atoms with Gasteiger partial charge in [-0.15, -0.1) is 0 Å². The number of hydrogen-bond acceptors (Lipinski definition) is 3. The molecule has 122 valence electrons. The van der Waals surface area contributed by atoms with E-state index in [9.17, 15) is 5.11 Å². The lowest BCUT2D eigenvalue weighted by atomic mass is 10.0. The summed E-state index contributed by atoms with van der Waals surface area (Å²) in [5.74, 6) is 0.680. The molecule has 0 radical (unpaired) electrons. The van der Waals surface area contributed by atoms with Gasteiger partial charge < -0.3 is 19.5 Å². The summed E-state index contributed by atoms with van der Waals surface area (Å²) in [4.78, 5) is 0. The highest BCUT2D eigenvalue weighted by Crippen LogP contribution is 2.39. The van der Waals surface area contributed by atoms with Crippen LogP contribution in [0.15, 0.2) is 24.3 Å². The molecule has 2 aromatic carbocycles. The number of nitrogens with zero attached hydrogens (tertiary/aromatic N) is 1. The van der Waals surface area contributed by atoms with Gasteiger partial charge in [-0.2, -0.15) is 0 Å². The fourth-order valence-corrected chi connectivity index (χ4v) is 3.23. The Balaban J connectivity index is 2.45. The van der Waals surface area contributed by atoms with Gasteiger partial charge in [0.1, 0.15) is 12.4 Å². The minimum Gasteiger partial charge on any atom is -0.490 e. The van der Waals surface area contributed by atoms with Crippen molar-refractivity contribution in [3.8, 4) is 5.75 Å². The molecule has 0 bridgehead atoms. The Morgan fingerprint density at radius 1 is 1.04 bits per heavy atom. The van der Waals surface area contributed by atoms with Gasteiger partial charge in [0.05, 0.1) is 18.7 Å². The van der Waals surface area contributed by atoms with E-state index in [0.717, 1.165) is 28.4 Å². The topological polar surface area (TPSA) is 54.6 Å². The zero-order chi connectivity index (χ0) is 16.6. The Bertz CT molecular complexity index is 864. The van der Waals surface area contributed by atoms with Crippen LogP contribution >= 0.6 is 0 Å². The zero-order valence-corrected chi connectivity index (χ0v) is 13.9. The third-order valence-electron chi connectivity index (χ3n) is 4.50. The molecule has 4 heteroatoms. The Kier molecular flexibility index (Phi) is 4.28. The molecule has 2 N–H and O–H groups in total. The molecule has 1 aromatic heterocycles. The molecule has 1 heterocycles. The van der Waals surface area contributed by atoms with Crippen LogP contribution < -0.4 is 4.74 Å². The number of aryl methyl sites for hydroxylation is 3. The van der Waals surface area contributed by atoms with E-state index in [1.165, 1.54) is 16.6 Å². The first-order valence-corrected chi connectivity index (χ1v) is 8.01. The Hall–Kier alpha value is -2.04. The lowest BCUT2D eigenvalue weighted by Gasteiger charge is -2.11. The number of aliphatic hydroxyl groups excluding tert-OH is 2. The summed E-state index contributed by atoms with van der Waals surface area (Å²) in [5, 5.41) is 20.9. The molecule has 0 aliphatic carbocycles. The molecule has 0 aliphatic rings. The highest BCUT2D eigenvalue weighted by Gasteiger charge is 2.18. The molecule has 0 aliphatic heterocycles. The minimum atomic E-state index is -0.0830. The number of aromatic nitrogens is 1. The Morgan fingerprint density at radius 3 is 2.43 bits per heavy atom. The molecule has 0 saturated heterocycles. The van der Waals surface area contributed by atoms with Crippen molar-refractivity contribution in [3.63, 3.8) is 0 Å². The molecule has 4 nitrogen and oxygen atoms in total. The molecule has 0 fully saturated rings. The first-order valence-electron chi connectivity index (χ1n) is 8.01. The predicted octanol–water partition coefficient (Wildman–Crippen LogP) is 3.29. The molecule has 0 saturated carbocycles. The molecule has 3 aromatic rings. The number of aliphatic hydroxyl groups is 2. The second-order valence-electron chi connectivity index (χ2n) is 5.88. The summed E-state index contributed by atoms with van der Waals surface area (Å²) < 4.78 is 8.07. The van der Waals surface area contributed by atoms with Crippen LogP contribution in [-0.2, 0) is 13.2 Å². The normalized spacial score (nSPS) is 11.5. The summed E-state index contributed by atoms with van der Waals surface area (Å²) >= 11 is 0. The summed E-state index contributed by atoms with van der Waals surface area (Å²) in [5.41, 5.74) is 5.51. The van der Waals surface area contributed by atoms with Crippen molar-refractivity contribution < 1.29 is 14.9 Å². The molecular weight excluding hydrogens is 290 g/mol. The lowest BCUT2D eigenvalue weighted by molar-refractivity contribution is 0.197. The summed E-state index contributed by atoms with van der Waals surface area (Å²) in [7, 11) is 0. The zero-order valence-electron chi connectivity index (χ0n) is 13.9. The van der Waals surface area contributed by atoms with Crippen LogP contribution in [0.2, 0.25) is 0 Å². The van der Waals surface area contributed by atoms with Gasteiger partial charge in [-0.05, 0) is 50.1 Å². The molecule has 0 atom stereocenters. The van der Waals surface area contributed by atoms with Crippen molar-refractivity contribution in [2.24, 2.45) is 0 Å². The van der Waals surface area contributed by atoms with Crippen molar-refractivity contribution in [3.05, 3.63) is 41.0 Å². The number of rotatable bonds is 5. The third-order valence-corrected chi connectivity index (χ3v) is 4.50. The van der Waals surface area contributed by atoms with E-state index >= 15 is 0 Å². The van der Waals surface area contributed by atoms with Crippen LogP contribution in [0.3, 0.4) is 0 Å². The van der Waals surface area contributed by atoms with Gasteiger partial charge in [0.25, 0.3) is 0 Å². The monoisotopic (exact) mass is 313 g/mol. The van der Waals surface area contributed by atoms with E-state index in [1.54, 1.807) is 0 Å². The third kappa shape index (κ3) is 2.48. The van der Waals surface area contributed by atoms with Gasteiger partial charge in [-0.3, -0.25) is 0 Å². The summed E-state index contributed by atoms with van der Waals surface area (Å²) in [6.07, 6.45) is 0. The van der Waals surface area contributed by atoms with E-state index in [1.807, 2.05) is 12.1 Å². The SMILES string of the molecule is CCn1c2cc(C)c(C)cc2c2c(OCCO)c(CO)ccc21. The molecule has 0 spiro atoms. The highest BCUT2D eigenvalue weighted by atomic mass is 16.5. The fourth-order valence-electron chi connectivity index (χ4n) is 3.23. The quantitative estimate of drug-likeness (QED) is 0.760. The molecule has 0 amide bonds. The van der Waals surface area contributed by atoms with Gasteiger partial charge in [-0.25, -0.2) is 0 Å². The average Bonchev–Trinajstić information content (AvgIpc) is 2.85. The minimum absolute atomic E-state index is 0.0498. The number of hydrogen-bond donors (Lipinski definition) is 2. The van der Waals surface area contributed by atoms with Gasteiger partial charge in [0.2, 0.25) is 0 Å². The highest BCUT2D eigenvalue weighted by molar-refractivity contribution is 6.12. The molecule has 23 heavy (non-hydrogen) atoms. The van der Waals surface area contributed by atoms with E-state index in [0.29, 0.717) is 5.75 Å². The van der Waals surface area contributed by atoms with E-state index in [2.05, 4.69) is 37.5 Å². The Morgan fingerprint density at radius 2 is 1.78 bits per heavy atom. The van der Waals surface area contributed by atoms with E-state index < -0.39 is 0 Å². The first-order chi connectivity index (χ1) is 11.1. The van der Waals surface area contributed by atoms with E-state index in [-0.39, 0.29) is 19.8 Å². The van der Waals surface area contributed by atoms with Gasteiger partial charge in [-0.1, -0.05) is 6.07 Å². The first kappa shape index (κ1) is 15.8. The van der Waals surface area contributed by atoms with Crippen LogP contribution in [0.1, 0.15) is 23.6 Å². The van der Waals surface area contributed by atoms with Crippen LogP contribution in [-0.4, -0.2) is 28.0 Å². The lowest BCUT2D eigenvalue weighted by Crippen LogP contribution is -2.04. The molecule has 3 rings (SSSR count). The maximum Gasteiger partial charge on any atom is 0.134 e. The van der Waals surface area contributed by atoms with Crippen LogP contribution in [0, 0.1) is 13.8 Å². The standard InChI is InChI=1S/C19H23NO3/c1-4-20-16-6-5-14(11-22)19(23-8-7-21)18(16)15-9-12(2)13(3)10-17(15)20/h5-6,9-10,21-22H,4,7-8,11H2,1-3H3. The van der Waals surface area contributed by atoms with Crippen LogP contribution in [0.25, 0.3) is 21.8 Å². The average molecular weight is 313 g/mol. The van der Waals surface area contributed by atoms with Crippen molar-refractivity contribution in [1.82, 2.24) is 4.57 Å². The maximum absolute atomic E-state index is 9.66. The van der Waals surface area contributed by atoms with Crippen molar-refractivity contribution in [2.75, 3.05) is 13.2 Å². The fraction of sp³-hybridized carbons (Fsp3) is 0.368. The van der Waals surface area contributed by atoms with Crippen molar-refractivity contribution in [2.45, 2.75) is 33.9 Å². The summed E-state index contributed by atoms with van der Waals surface area (Å²) in [6, 6.07) is 8.34.